The van der Waals surface area contributed by atoms with Crippen LogP contribution in [0.1, 0.15) is 40.6 Å². The van der Waals surface area contributed by atoms with Crippen molar-refractivity contribution in [2.45, 2.75) is 20.3 Å². The predicted molar refractivity (Wildman–Crippen MR) is 73.8 cm³/mol. The van der Waals surface area contributed by atoms with Gasteiger partial charge >= 0.3 is 5.97 Å². The highest BCUT2D eigenvalue weighted by molar-refractivity contribution is 7.11. The van der Waals surface area contributed by atoms with E-state index in [9.17, 15) is 9.59 Å². The Bertz CT molecular complexity index is 430. The van der Waals surface area contributed by atoms with Gasteiger partial charge in [0.15, 0.2) is 10.7 Å². The van der Waals surface area contributed by atoms with Crippen molar-refractivity contribution in [1.82, 2.24) is 15.2 Å². The summed E-state index contributed by atoms with van der Waals surface area (Å²) in [6.07, 6.45) is 0.866. The second-order valence-electron chi connectivity index (χ2n) is 3.98. The lowest BCUT2D eigenvalue weighted by Gasteiger charge is -2.17. The molecule has 0 aliphatic heterocycles. The normalized spacial score (nSPS) is 10.7. The van der Waals surface area contributed by atoms with Crippen LogP contribution in [0.3, 0.4) is 0 Å². The average molecular weight is 285 g/mol. The predicted octanol–water partition coefficient (Wildman–Crippen LogP) is 1.30. The van der Waals surface area contributed by atoms with E-state index >= 15 is 0 Å². The Hall–Kier alpha value is -1.47. The first-order valence-electron chi connectivity index (χ1n) is 6.27. The highest BCUT2D eigenvalue weighted by Crippen LogP contribution is 2.09. The van der Waals surface area contributed by atoms with Crippen LogP contribution in [0.15, 0.2) is 5.38 Å². The van der Waals surface area contributed by atoms with Crippen LogP contribution in [0.25, 0.3) is 0 Å². The minimum Gasteiger partial charge on any atom is -0.476 e. The second-order valence-corrected chi connectivity index (χ2v) is 4.84. The van der Waals surface area contributed by atoms with Crippen LogP contribution in [0.5, 0.6) is 0 Å². The van der Waals surface area contributed by atoms with E-state index in [0.717, 1.165) is 37.4 Å². The summed E-state index contributed by atoms with van der Waals surface area (Å²) in [4.78, 5) is 28.4. The number of rotatable bonds is 8. The Balaban J connectivity index is 2.33. The lowest BCUT2D eigenvalue weighted by molar-refractivity contribution is 0.0691. The maximum Gasteiger partial charge on any atom is 0.355 e. The highest BCUT2D eigenvalue weighted by Gasteiger charge is 2.14. The lowest BCUT2D eigenvalue weighted by Crippen LogP contribution is -2.29. The van der Waals surface area contributed by atoms with Crippen LogP contribution in [-0.4, -0.2) is 53.0 Å². The molecule has 6 nitrogen and oxygen atoms in total. The number of nitrogens with one attached hydrogen (secondary N) is 1. The molecular weight excluding hydrogens is 266 g/mol. The van der Waals surface area contributed by atoms with Crippen LogP contribution in [-0.2, 0) is 0 Å². The number of amides is 1. The van der Waals surface area contributed by atoms with Gasteiger partial charge < -0.3 is 15.3 Å². The van der Waals surface area contributed by atoms with Crippen molar-refractivity contribution in [3.8, 4) is 0 Å². The lowest BCUT2D eigenvalue weighted by atomic mass is 10.3. The van der Waals surface area contributed by atoms with Gasteiger partial charge in [-0.1, -0.05) is 13.8 Å². The summed E-state index contributed by atoms with van der Waals surface area (Å²) >= 11 is 1.04. The molecule has 0 radical (unpaired) electrons. The van der Waals surface area contributed by atoms with Crippen molar-refractivity contribution < 1.29 is 14.7 Å². The molecule has 106 valence electrons. The third-order valence-electron chi connectivity index (χ3n) is 2.75. The third kappa shape index (κ3) is 4.96. The van der Waals surface area contributed by atoms with Gasteiger partial charge in [0.2, 0.25) is 0 Å². The molecule has 1 amide bonds. The number of thiazole rings is 1. The molecule has 1 heterocycles. The van der Waals surface area contributed by atoms with Crippen molar-refractivity contribution in [3.05, 3.63) is 16.1 Å². The summed E-state index contributed by atoms with van der Waals surface area (Å²) in [6, 6.07) is 0. The number of carbonyl (C=O) groups is 2. The van der Waals surface area contributed by atoms with E-state index < -0.39 is 5.97 Å². The van der Waals surface area contributed by atoms with E-state index in [2.05, 4.69) is 29.0 Å². The van der Waals surface area contributed by atoms with E-state index in [1.807, 2.05) is 0 Å². The Morgan fingerprint density at radius 1 is 1.42 bits per heavy atom. The summed E-state index contributed by atoms with van der Waals surface area (Å²) in [5.74, 6) is -1.42. The molecule has 2 N–H and O–H groups in total. The van der Waals surface area contributed by atoms with Crippen molar-refractivity contribution in [1.29, 1.82) is 0 Å². The van der Waals surface area contributed by atoms with E-state index in [0.29, 0.717) is 6.54 Å². The zero-order chi connectivity index (χ0) is 14.3. The smallest absolute Gasteiger partial charge is 0.355 e. The Morgan fingerprint density at radius 2 is 2.11 bits per heavy atom. The van der Waals surface area contributed by atoms with Gasteiger partial charge in [-0.15, -0.1) is 11.3 Å². The van der Waals surface area contributed by atoms with Gasteiger partial charge in [-0.2, -0.15) is 0 Å². The van der Waals surface area contributed by atoms with Crippen LogP contribution in [0.4, 0.5) is 0 Å². The molecule has 0 aliphatic rings. The largest absolute Gasteiger partial charge is 0.476 e. The number of aromatic carboxylic acids is 1. The van der Waals surface area contributed by atoms with Gasteiger partial charge in [-0.05, 0) is 26.1 Å². The van der Waals surface area contributed by atoms with Gasteiger partial charge in [0.05, 0.1) is 0 Å². The zero-order valence-corrected chi connectivity index (χ0v) is 12.0. The molecule has 1 aromatic rings. The molecule has 19 heavy (non-hydrogen) atoms. The first-order valence-corrected chi connectivity index (χ1v) is 7.15. The molecule has 0 unspecified atom stereocenters. The summed E-state index contributed by atoms with van der Waals surface area (Å²) in [7, 11) is 0. The Kier molecular flexibility index (Phi) is 6.44. The minimum absolute atomic E-state index is 0.0849. The Labute approximate surface area is 116 Å². The van der Waals surface area contributed by atoms with Crippen LogP contribution in [0, 0.1) is 0 Å². The molecule has 0 aliphatic carbocycles. The van der Waals surface area contributed by atoms with Crippen molar-refractivity contribution in [3.63, 3.8) is 0 Å². The van der Waals surface area contributed by atoms with Gasteiger partial charge in [0, 0.05) is 11.9 Å². The van der Waals surface area contributed by atoms with Crippen molar-refractivity contribution in [2.24, 2.45) is 0 Å². The van der Waals surface area contributed by atoms with Crippen molar-refractivity contribution in [2.75, 3.05) is 26.2 Å². The highest BCUT2D eigenvalue weighted by atomic mass is 32.1. The fourth-order valence-corrected chi connectivity index (χ4v) is 2.30. The topological polar surface area (TPSA) is 82.5 Å². The van der Waals surface area contributed by atoms with E-state index in [1.165, 1.54) is 5.38 Å². The van der Waals surface area contributed by atoms with Gasteiger partial charge in [0.25, 0.3) is 5.91 Å². The maximum absolute atomic E-state index is 11.7. The third-order valence-corrected chi connectivity index (χ3v) is 3.59. The molecule has 7 heteroatoms. The minimum atomic E-state index is -1.11. The fraction of sp³-hybridized carbons (Fsp3) is 0.583. The van der Waals surface area contributed by atoms with Crippen LogP contribution in [0.2, 0.25) is 0 Å². The molecule has 0 atom stereocenters. The number of carbonyl (C=O) groups excluding carboxylic acids is 1. The summed E-state index contributed by atoms with van der Waals surface area (Å²) in [5.41, 5.74) is -0.0849. The standard InChI is InChI=1S/C12H19N3O3S/c1-3-15(4-2)7-5-6-13-10(16)11-14-9(8-19-11)12(17)18/h8H,3-7H2,1-2H3,(H,13,16)(H,17,18). The fourth-order valence-electron chi connectivity index (χ4n) is 1.60. The monoisotopic (exact) mass is 285 g/mol. The SMILES string of the molecule is CCN(CC)CCCNC(=O)c1nc(C(=O)O)cs1. The average Bonchev–Trinajstić information content (AvgIpc) is 2.88. The first-order chi connectivity index (χ1) is 9.08. The number of hydrogen-bond donors (Lipinski definition) is 2. The molecule has 1 aromatic heterocycles. The van der Waals surface area contributed by atoms with E-state index in [1.54, 1.807) is 0 Å². The summed E-state index contributed by atoms with van der Waals surface area (Å²) in [5, 5.41) is 13.0. The van der Waals surface area contributed by atoms with Gasteiger partial charge in [0.1, 0.15) is 0 Å². The summed E-state index contributed by atoms with van der Waals surface area (Å²) < 4.78 is 0. The summed E-state index contributed by atoms with van der Waals surface area (Å²) in [6.45, 7) is 7.71. The number of carboxylic acid groups (broad SMARTS) is 1. The zero-order valence-electron chi connectivity index (χ0n) is 11.2. The van der Waals surface area contributed by atoms with Gasteiger partial charge in [-0.25, -0.2) is 9.78 Å². The quantitative estimate of drug-likeness (QED) is 0.704. The van der Waals surface area contributed by atoms with Crippen LogP contribution < -0.4 is 5.32 Å². The number of nitrogens with zero attached hydrogens (tertiary/aromatic N) is 2. The van der Waals surface area contributed by atoms with E-state index in [-0.39, 0.29) is 16.6 Å². The molecule has 0 spiro atoms. The number of aromatic nitrogens is 1. The Morgan fingerprint density at radius 3 is 2.63 bits per heavy atom. The number of hydrogen-bond acceptors (Lipinski definition) is 5. The molecule has 0 saturated carbocycles. The molecule has 0 bridgehead atoms. The molecule has 0 aromatic carbocycles. The molecular formula is C12H19N3O3S. The van der Waals surface area contributed by atoms with Gasteiger partial charge in [-0.3, -0.25) is 4.79 Å². The maximum atomic E-state index is 11.7. The molecule has 1 rings (SSSR count). The molecule has 0 fully saturated rings. The van der Waals surface area contributed by atoms with Crippen molar-refractivity contribution >= 4 is 23.2 Å². The van der Waals surface area contributed by atoms with E-state index in [4.69, 9.17) is 5.11 Å². The first kappa shape index (κ1) is 15.6. The molecule has 0 saturated heterocycles. The number of carboxylic acids is 1. The van der Waals surface area contributed by atoms with Crippen LogP contribution >= 0.6 is 11.3 Å². The second kappa shape index (κ2) is 7.85.